The van der Waals surface area contributed by atoms with Gasteiger partial charge < -0.3 is 9.84 Å². The minimum absolute atomic E-state index is 0.0330. The highest BCUT2D eigenvalue weighted by molar-refractivity contribution is 5.38. The monoisotopic (exact) mass is 240 g/mol. The summed E-state index contributed by atoms with van der Waals surface area (Å²) in [4.78, 5) is 0. The lowest BCUT2D eigenvalue weighted by molar-refractivity contribution is 0.255. The van der Waals surface area contributed by atoms with Crippen LogP contribution in [0.5, 0.6) is 11.5 Å². The molecule has 2 aromatic rings. The lowest BCUT2D eigenvalue weighted by atomic mass is 9.97. The molecule has 0 aliphatic heterocycles. The fraction of sp³-hybridized carbons (Fsp3) is 0.250. The summed E-state index contributed by atoms with van der Waals surface area (Å²) < 4.78 is 5.74. The van der Waals surface area contributed by atoms with Gasteiger partial charge in [-0.1, -0.05) is 30.3 Å². The van der Waals surface area contributed by atoms with Gasteiger partial charge in [-0.25, -0.2) is 0 Å². The molecule has 0 spiro atoms. The normalized spacial score (nSPS) is 16.3. The van der Waals surface area contributed by atoms with E-state index in [9.17, 15) is 5.11 Å². The predicted molar refractivity (Wildman–Crippen MR) is 71.0 cm³/mol. The average Bonchev–Trinajstić information content (AvgIpc) is 3.22. The molecule has 1 N–H and O–H groups in total. The van der Waals surface area contributed by atoms with E-state index in [0.717, 1.165) is 24.3 Å². The molecule has 3 rings (SSSR count). The first-order valence-corrected chi connectivity index (χ1v) is 6.27. The van der Waals surface area contributed by atoms with E-state index >= 15 is 0 Å². The summed E-state index contributed by atoms with van der Waals surface area (Å²) in [6.45, 7) is 0.242. The summed E-state index contributed by atoms with van der Waals surface area (Å²) in [5.74, 6) is 1.67. The van der Waals surface area contributed by atoms with Crippen molar-refractivity contribution < 1.29 is 9.84 Å². The lowest BCUT2D eigenvalue weighted by Gasteiger charge is -2.12. The molecule has 1 fully saturated rings. The van der Waals surface area contributed by atoms with Crippen molar-refractivity contribution in [2.24, 2.45) is 0 Å². The molecule has 1 aliphatic carbocycles. The van der Waals surface area contributed by atoms with Crippen molar-refractivity contribution >= 4 is 0 Å². The lowest BCUT2D eigenvalue weighted by Crippen LogP contribution is -2.11. The van der Waals surface area contributed by atoms with E-state index in [4.69, 9.17) is 4.74 Å². The van der Waals surface area contributed by atoms with Crippen molar-refractivity contribution in [3.63, 3.8) is 0 Å². The Morgan fingerprint density at radius 2 is 1.50 bits per heavy atom. The van der Waals surface area contributed by atoms with Crippen LogP contribution in [0.4, 0.5) is 0 Å². The van der Waals surface area contributed by atoms with Crippen LogP contribution in [0.25, 0.3) is 0 Å². The van der Waals surface area contributed by atoms with Crippen LogP contribution in [0.1, 0.15) is 18.4 Å². The SMILES string of the molecule is OCC1(c2ccc(Oc3ccccc3)cc2)CC1. The maximum atomic E-state index is 9.38. The number of aliphatic hydroxyl groups excluding tert-OH is 1. The fourth-order valence-corrected chi connectivity index (χ4v) is 2.19. The second kappa shape index (κ2) is 4.46. The Bertz CT molecular complexity index is 513. The van der Waals surface area contributed by atoms with Gasteiger partial charge in [-0.15, -0.1) is 0 Å². The van der Waals surface area contributed by atoms with E-state index in [-0.39, 0.29) is 12.0 Å². The molecule has 2 aromatic carbocycles. The van der Waals surface area contributed by atoms with Gasteiger partial charge in [0.1, 0.15) is 11.5 Å². The van der Waals surface area contributed by atoms with Crippen LogP contribution < -0.4 is 4.74 Å². The molecule has 0 unspecified atom stereocenters. The van der Waals surface area contributed by atoms with E-state index in [1.807, 2.05) is 42.5 Å². The van der Waals surface area contributed by atoms with Crippen LogP contribution in [0.3, 0.4) is 0 Å². The van der Waals surface area contributed by atoms with Crippen LogP contribution >= 0.6 is 0 Å². The van der Waals surface area contributed by atoms with Crippen LogP contribution in [0.2, 0.25) is 0 Å². The third-order valence-corrected chi connectivity index (χ3v) is 3.60. The summed E-state index contributed by atoms with van der Waals surface area (Å²) in [5, 5.41) is 9.38. The highest BCUT2D eigenvalue weighted by Crippen LogP contribution is 2.47. The predicted octanol–water partition coefficient (Wildman–Crippen LogP) is 3.50. The standard InChI is InChI=1S/C16H16O2/c17-12-16(10-11-16)13-6-8-15(9-7-13)18-14-4-2-1-3-5-14/h1-9,17H,10-12H2. The first kappa shape index (κ1) is 11.3. The number of benzene rings is 2. The Hall–Kier alpha value is -1.80. The van der Waals surface area contributed by atoms with Gasteiger partial charge in [0.15, 0.2) is 0 Å². The van der Waals surface area contributed by atoms with Crippen molar-refractivity contribution in [3.8, 4) is 11.5 Å². The van der Waals surface area contributed by atoms with Gasteiger partial charge in [0, 0.05) is 5.41 Å². The Morgan fingerprint density at radius 3 is 2.06 bits per heavy atom. The molecule has 0 aromatic heterocycles. The van der Waals surface area contributed by atoms with E-state index in [0.29, 0.717) is 0 Å². The number of rotatable bonds is 4. The number of ether oxygens (including phenoxy) is 1. The Balaban J connectivity index is 1.76. The van der Waals surface area contributed by atoms with Crippen molar-refractivity contribution in [3.05, 3.63) is 60.2 Å². The van der Waals surface area contributed by atoms with Crippen molar-refractivity contribution in [1.82, 2.24) is 0 Å². The molecule has 0 bridgehead atoms. The summed E-state index contributed by atoms with van der Waals surface area (Å²) in [7, 11) is 0. The second-order valence-corrected chi connectivity index (χ2v) is 4.88. The molecule has 0 atom stereocenters. The zero-order chi connectivity index (χ0) is 12.4. The third kappa shape index (κ3) is 2.12. The number of para-hydroxylation sites is 1. The van der Waals surface area contributed by atoms with Crippen molar-refractivity contribution in [2.75, 3.05) is 6.61 Å². The number of aliphatic hydroxyl groups is 1. The molecular weight excluding hydrogens is 224 g/mol. The summed E-state index contributed by atoms with van der Waals surface area (Å²) >= 11 is 0. The van der Waals surface area contributed by atoms with Gasteiger partial charge in [-0.2, -0.15) is 0 Å². The van der Waals surface area contributed by atoms with E-state index < -0.39 is 0 Å². The molecule has 1 saturated carbocycles. The van der Waals surface area contributed by atoms with Gasteiger partial charge in [-0.05, 0) is 42.7 Å². The minimum Gasteiger partial charge on any atom is -0.457 e. The minimum atomic E-state index is 0.0330. The van der Waals surface area contributed by atoms with E-state index in [1.165, 1.54) is 5.56 Å². The van der Waals surface area contributed by atoms with Gasteiger partial charge in [0.2, 0.25) is 0 Å². The van der Waals surface area contributed by atoms with Gasteiger partial charge in [0.25, 0.3) is 0 Å². The topological polar surface area (TPSA) is 29.5 Å². The molecule has 0 saturated heterocycles. The van der Waals surface area contributed by atoms with Gasteiger partial charge in [0.05, 0.1) is 6.61 Å². The zero-order valence-electron chi connectivity index (χ0n) is 10.2. The molecule has 0 amide bonds. The fourth-order valence-electron chi connectivity index (χ4n) is 2.19. The maximum Gasteiger partial charge on any atom is 0.127 e. The van der Waals surface area contributed by atoms with Crippen molar-refractivity contribution in [1.29, 1.82) is 0 Å². The summed E-state index contributed by atoms with van der Waals surface area (Å²) in [6.07, 6.45) is 2.17. The first-order chi connectivity index (χ1) is 8.82. The molecular formula is C16H16O2. The Kier molecular flexibility index (Phi) is 2.80. The van der Waals surface area contributed by atoms with E-state index in [2.05, 4.69) is 12.1 Å². The zero-order valence-corrected chi connectivity index (χ0v) is 10.2. The molecule has 1 aliphatic rings. The smallest absolute Gasteiger partial charge is 0.127 e. The Morgan fingerprint density at radius 1 is 0.889 bits per heavy atom. The molecule has 92 valence electrons. The van der Waals surface area contributed by atoms with E-state index in [1.54, 1.807) is 0 Å². The highest BCUT2D eigenvalue weighted by atomic mass is 16.5. The summed E-state index contributed by atoms with van der Waals surface area (Å²) in [5.41, 5.74) is 1.25. The first-order valence-electron chi connectivity index (χ1n) is 6.27. The number of hydrogen-bond acceptors (Lipinski definition) is 2. The van der Waals surface area contributed by atoms with Crippen LogP contribution in [0, 0.1) is 0 Å². The average molecular weight is 240 g/mol. The molecule has 0 heterocycles. The largest absolute Gasteiger partial charge is 0.457 e. The molecule has 2 heteroatoms. The Labute approximate surface area is 107 Å². The van der Waals surface area contributed by atoms with Crippen LogP contribution in [-0.2, 0) is 5.41 Å². The maximum absolute atomic E-state index is 9.38. The highest BCUT2D eigenvalue weighted by Gasteiger charge is 2.43. The molecule has 0 radical (unpaired) electrons. The van der Waals surface area contributed by atoms with Crippen LogP contribution in [0.15, 0.2) is 54.6 Å². The number of hydrogen-bond donors (Lipinski definition) is 1. The molecule has 2 nitrogen and oxygen atoms in total. The second-order valence-electron chi connectivity index (χ2n) is 4.88. The van der Waals surface area contributed by atoms with Crippen LogP contribution in [-0.4, -0.2) is 11.7 Å². The quantitative estimate of drug-likeness (QED) is 0.886. The van der Waals surface area contributed by atoms with Gasteiger partial charge >= 0.3 is 0 Å². The van der Waals surface area contributed by atoms with Gasteiger partial charge in [-0.3, -0.25) is 0 Å². The molecule has 18 heavy (non-hydrogen) atoms. The third-order valence-electron chi connectivity index (χ3n) is 3.60. The van der Waals surface area contributed by atoms with Crippen molar-refractivity contribution in [2.45, 2.75) is 18.3 Å². The summed E-state index contributed by atoms with van der Waals surface area (Å²) in [6, 6.07) is 17.8.